The molecule has 1 aliphatic heterocycles. The van der Waals surface area contributed by atoms with Crippen LogP contribution in [0, 0.1) is 6.92 Å². The van der Waals surface area contributed by atoms with Crippen LogP contribution in [0.1, 0.15) is 21.5 Å². The zero-order valence-electron chi connectivity index (χ0n) is 21.4. The third-order valence-electron chi connectivity index (χ3n) is 5.72. The van der Waals surface area contributed by atoms with Gasteiger partial charge in [0, 0.05) is 39.5 Å². The largest absolute Gasteiger partial charge is 0.437 e. The zero-order chi connectivity index (χ0) is 26.6. The molecule has 9 heteroatoms. The van der Waals surface area contributed by atoms with Gasteiger partial charge in [-0.3, -0.25) is 9.59 Å². The van der Waals surface area contributed by atoms with Crippen molar-refractivity contribution < 1.29 is 19.1 Å². The Bertz CT molecular complexity index is 1170. The van der Waals surface area contributed by atoms with Gasteiger partial charge >= 0.3 is 0 Å². The summed E-state index contributed by atoms with van der Waals surface area (Å²) in [5, 5.41) is 3.09. The fourth-order valence-corrected chi connectivity index (χ4v) is 3.87. The van der Waals surface area contributed by atoms with E-state index in [0.717, 1.165) is 18.7 Å². The highest BCUT2D eigenvalue weighted by Crippen LogP contribution is 2.30. The van der Waals surface area contributed by atoms with Gasteiger partial charge in [-0.2, -0.15) is 0 Å². The Hall–Kier alpha value is -3.46. The van der Waals surface area contributed by atoms with Gasteiger partial charge in [0.2, 0.25) is 11.8 Å². The number of likely N-dealkylation sites (N-methyl/N-ethyl adjacent to an activating group) is 1. The maximum absolute atomic E-state index is 12.6. The van der Waals surface area contributed by atoms with Crippen LogP contribution in [0.5, 0.6) is 11.6 Å². The van der Waals surface area contributed by atoms with E-state index in [2.05, 4.69) is 15.2 Å². The first-order valence-corrected chi connectivity index (χ1v) is 12.4. The molecule has 37 heavy (non-hydrogen) atoms. The lowest BCUT2D eigenvalue weighted by atomic mass is 10.2. The Kier molecular flexibility index (Phi) is 10.9. The summed E-state index contributed by atoms with van der Waals surface area (Å²) in [7, 11) is 3.72. The first-order chi connectivity index (χ1) is 17.9. The number of hydrogen-bond donors (Lipinski definition) is 1. The molecule has 4 rings (SSSR count). The average Bonchev–Trinajstić information content (AvgIpc) is 2.90. The Morgan fingerprint density at radius 1 is 1.03 bits per heavy atom. The molecule has 2 aromatic carbocycles. The highest BCUT2D eigenvalue weighted by Gasteiger charge is 2.21. The fourth-order valence-electron chi connectivity index (χ4n) is 3.60. The van der Waals surface area contributed by atoms with E-state index in [1.807, 2.05) is 50.4 Å². The van der Waals surface area contributed by atoms with Crippen LogP contribution in [0.2, 0.25) is 5.02 Å². The molecule has 3 aromatic rings. The summed E-state index contributed by atoms with van der Waals surface area (Å²) in [6, 6.07) is 18.7. The van der Waals surface area contributed by atoms with Crippen LogP contribution in [-0.2, 0) is 16.1 Å². The normalized spacial score (nSPS) is 13.4. The predicted molar refractivity (Wildman–Crippen MR) is 144 cm³/mol. The van der Waals surface area contributed by atoms with E-state index in [1.165, 1.54) is 11.8 Å². The molecule has 0 spiro atoms. The number of methoxy groups -OCH3 is 1. The van der Waals surface area contributed by atoms with Crippen molar-refractivity contribution in [1.29, 1.82) is 0 Å². The topological polar surface area (TPSA) is 84.0 Å². The molecule has 1 N–H and O–H groups in total. The second kappa shape index (κ2) is 14.3. The van der Waals surface area contributed by atoms with Crippen molar-refractivity contribution in [1.82, 2.24) is 20.1 Å². The Balaban J connectivity index is 0.000000356. The van der Waals surface area contributed by atoms with Crippen LogP contribution in [0.3, 0.4) is 0 Å². The SMILES string of the molecule is COCc1ccccc1.Cc1ccc(Oc2ncccc2C(=O)NCC(=O)N2CCN(C)CC2)c(Cl)c1. The first kappa shape index (κ1) is 28.1. The van der Waals surface area contributed by atoms with E-state index >= 15 is 0 Å². The number of benzene rings is 2. The van der Waals surface area contributed by atoms with Crippen LogP contribution in [0.4, 0.5) is 0 Å². The van der Waals surface area contributed by atoms with Crippen molar-refractivity contribution in [3.63, 3.8) is 0 Å². The number of ether oxygens (including phenoxy) is 2. The quantitative estimate of drug-likeness (QED) is 0.499. The molecule has 0 bridgehead atoms. The molecule has 0 saturated carbocycles. The maximum Gasteiger partial charge on any atom is 0.257 e. The zero-order valence-corrected chi connectivity index (χ0v) is 22.2. The first-order valence-electron chi connectivity index (χ1n) is 12.0. The van der Waals surface area contributed by atoms with Gasteiger partial charge < -0.3 is 24.6 Å². The van der Waals surface area contributed by atoms with E-state index in [-0.39, 0.29) is 23.9 Å². The molecular weight excluding hydrogens is 492 g/mol. The van der Waals surface area contributed by atoms with Gasteiger partial charge in [0.05, 0.1) is 18.2 Å². The average molecular weight is 525 g/mol. The third kappa shape index (κ3) is 8.86. The number of carbonyl (C=O) groups excluding carboxylic acids is 2. The van der Waals surface area contributed by atoms with Crippen LogP contribution >= 0.6 is 11.6 Å². The number of carbonyl (C=O) groups is 2. The van der Waals surface area contributed by atoms with Gasteiger partial charge in [0.15, 0.2) is 0 Å². The number of piperazine rings is 1. The lowest BCUT2D eigenvalue weighted by Gasteiger charge is -2.32. The van der Waals surface area contributed by atoms with Gasteiger partial charge in [-0.25, -0.2) is 4.98 Å². The summed E-state index contributed by atoms with van der Waals surface area (Å²) >= 11 is 6.20. The molecule has 1 aromatic heterocycles. The van der Waals surface area contributed by atoms with E-state index in [9.17, 15) is 9.59 Å². The van der Waals surface area contributed by atoms with Crippen LogP contribution < -0.4 is 10.1 Å². The van der Waals surface area contributed by atoms with Crippen molar-refractivity contribution in [3.8, 4) is 11.6 Å². The van der Waals surface area contributed by atoms with E-state index in [0.29, 0.717) is 30.5 Å². The predicted octanol–water partition coefficient (Wildman–Crippen LogP) is 4.17. The van der Waals surface area contributed by atoms with Crippen molar-refractivity contribution in [2.24, 2.45) is 0 Å². The van der Waals surface area contributed by atoms with Crippen molar-refractivity contribution in [3.05, 3.63) is 88.6 Å². The summed E-state index contributed by atoms with van der Waals surface area (Å²) in [5.74, 6) is 0.0227. The summed E-state index contributed by atoms with van der Waals surface area (Å²) in [5.41, 5.74) is 2.46. The number of nitrogens with zero attached hydrogens (tertiary/aromatic N) is 3. The standard InChI is InChI=1S/C20H23ClN4O3.C8H10O/c1-14-5-6-17(16(21)12-14)28-20-15(4-3-7-22-20)19(27)23-13-18(26)25-10-8-24(2)9-11-25;1-9-7-8-5-3-2-4-6-8/h3-7,12H,8-11,13H2,1-2H3,(H,23,27);2-6H,7H2,1H3. The molecule has 0 atom stereocenters. The lowest BCUT2D eigenvalue weighted by molar-refractivity contribution is -0.131. The van der Waals surface area contributed by atoms with Gasteiger partial charge in [-0.15, -0.1) is 0 Å². The number of rotatable bonds is 7. The monoisotopic (exact) mass is 524 g/mol. The molecule has 2 amide bonds. The second-order valence-electron chi connectivity index (χ2n) is 8.68. The van der Waals surface area contributed by atoms with Gasteiger partial charge in [0.1, 0.15) is 11.3 Å². The minimum atomic E-state index is -0.422. The highest BCUT2D eigenvalue weighted by atomic mass is 35.5. The third-order valence-corrected chi connectivity index (χ3v) is 6.02. The molecule has 2 heterocycles. The molecule has 0 unspecified atom stereocenters. The minimum absolute atomic E-state index is 0.0673. The van der Waals surface area contributed by atoms with Crippen LogP contribution in [-0.4, -0.2) is 73.5 Å². The summed E-state index contributed by atoms with van der Waals surface area (Å²) in [6.07, 6.45) is 1.53. The number of pyridine rings is 1. The number of nitrogens with one attached hydrogen (secondary N) is 1. The summed E-state index contributed by atoms with van der Waals surface area (Å²) in [6.45, 7) is 5.56. The molecule has 1 aliphatic rings. The van der Waals surface area contributed by atoms with Crippen LogP contribution in [0.25, 0.3) is 0 Å². The molecule has 0 radical (unpaired) electrons. The van der Waals surface area contributed by atoms with Gasteiger partial charge in [-0.05, 0) is 49.4 Å². The maximum atomic E-state index is 12.6. The highest BCUT2D eigenvalue weighted by molar-refractivity contribution is 6.32. The Labute approximate surface area is 223 Å². The molecular formula is C28H33ClN4O4. The molecule has 1 saturated heterocycles. The van der Waals surface area contributed by atoms with Gasteiger partial charge in [-0.1, -0.05) is 48.0 Å². The second-order valence-corrected chi connectivity index (χ2v) is 9.08. The smallest absolute Gasteiger partial charge is 0.257 e. The van der Waals surface area contributed by atoms with Gasteiger partial charge in [0.25, 0.3) is 5.91 Å². The summed E-state index contributed by atoms with van der Waals surface area (Å²) in [4.78, 5) is 33.0. The number of amides is 2. The van der Waals surface area contributed by atoms with E-state index in [4.69, 9.17) is 21.1 Å². The van der Waals surface area contributed by atoms with E-state index in [1.54, 1.807) is 36.3 Å². The minimum Gasteiger partial charge on any atom is -0.437 e. The lowest BCUT2D eigenvalue weighted by Crippen LogP contribution is -2.50. The van der Waals surface area contributed by atoms with E-state index < -0.39 is 5.91 Å². The fraction of sp³-hybridized carbons (Fsp3) is 0.321. The molecule has 8 nitrogen and oxygen atoms in total. The molecule has 1 fully saturated rings. The Morgan fingerprint density at radius 2 is 1.76 bits per heavy atom. The number of halogens is 1. The number of hydrogen-bond acceptors (Lipinski definition) is 6. The number of aryl methyl sites for hydroxylation is 1. The van der Waals surface area contributed by atoms with Crippen LogP contribution in [0.15, 0.2) is 66.9 Å². The Morgan fingerprint density at radius 3 is 2.43 bits per heavy atom. The molecule has 0 aliphatic carbocycles. The van der Waals surface area contributed by atoms with Crippen molar-refractivity contribution in [2.75, 3.05) is 46.9 Å². The summed E-state index contributed by atoms with van der Waals surface area (Å²) < 4.78 is 10.7. The van der Waals surface area contributed by atoms with Crippen molar-refractivity contribution in [2.45, 2.75) is 13.5 Å². The van der Waals surface area contributed by atoms with Crippen molar-refractivity contribution >= 4 is 23.4 Å². The molecule has 196 valence electrons. The number of aromatic nitrogens is 1.